The molecule has 3 aromatic rings. The van der Waals surface area contributed by atoms with Crippen molar-refractivity contribution in [1.82, 2.24) is 15.3 Å². The van der Waals surface area contributed by atoms with Gasteiger partial charge in [-0.25, -0.2) is 0 Å². The van der Waals surface area contributed by atoms with Gasteiger partial charge in [-0.05, 0) is 42.3 Å². The quantitative estimate of drug-likeness (QED) is 0.756. The SMILES string of the molecule is Cc1ccccc1Nc1ccnc(C(=O)NCc2cccnc2)c1. The van der Waals surface area contributed by atoms with E-state index in [2.05, 4.69) is 20.6 Å². The number of benzene rings is 1. The standard InChI is InChI=1S/C19H18N4O/c1-14-5-2-3-7-17(14)23-16-8-10-21-18(11-16)19(24)22-13-15-6-4-9-20-12-15/h2-12H,13H2,1H3,(H,21,23)(H,22,24). The van der Waals surface area contributed by atoms with Gasteiger partial charge in [0.1, 0.15) is 5.69 Å². The summed E-state index contributed by atoms with van der Waals surface area (Å²) in [6.07, 6.45) is 5.05. The molecule has 5 nitrogen and oxygen atoms in total. The number of nitrogens with one attached hydrogen (secondary N) is 2. The Bertz CT molecular complexity index is 834. The number of carbonyl (C=O) groups is 1. The zero-order valence-electron chi connectivity index (χ0n) is 13.4. The van der Waals surface area contributed by atoms with E-state index in [1.807, 2.05) is 49.4 Å². The van der Waals surface area contributed by atoms with Crippen LogP contribution < -0.4 is 10.6 Å². The minimum Gasteiger partial charge on any atom is -0.355 e. The first kappa shape index (κ1) is 15.7. The molecule has 0 bridgehead atoms. The largest absolute Gasteiger partial charge is 0.355 e. The van der Waals surface area contributed by atoms with Crippen molar-refractivity contribution in [2.24, 2.45) is 0 Å². The van der Waals surface area contributed by atoms with E-state index in [0.29, 0.717) is 12.2 Å². The van der Waals surface area contributed by atoms with Gasteiger partial charge in [-0.3, -0.25) is 14.8 Å². The summed E-state index contributed by atoms with van der Waals surface area (Å²) in [4.78, 5) is 20.4. The van der Waals surface area contributed by atoms with Crippen LogP contribution in [0.2, 0.25) is 0 Å². The fourth-order valence-electron chi connectivity index (χ4n) is 2.28. The summed E-state index contributed by atoms with van der Waals surface area (Å²) in [5.74, 6) is -0.215. The Hall–Kier alpha value is -3.21. The first-order chi connectivity index (χ1) is 11.7. The number of aromatic nitrogens is 2. The van der Waals surface area contributed by atoms with Gasteiger partial charge in [0.2, 0.25) is 0 Å². The summed E-state index contributed by atoms with van der Waals surface area (Å²) in [5.41, 5.74) is 4.28. The summed E-state index contributed by atoms with van der Waals surface area (Å²) in [7, 11) is 0. The van der Waals surface area contributed by atoms with Crippen LogP contribution in [0.5, 0.6) is 0 Å². The van der Waals surface area contributed by atoms with Crippen molar-refractivity contribution in [2.45, 2.75) is 13.5 Å². The number of anilines is 2. The van der Waals surface area contributed by atoms with E-state index in [-0.39, 0.29) is 5.91 Å². The van der Waals surface area contributed by atoms with Crippen LogP contribution in [0.3, 0.4) is 0 Å². The Morgan fingerprint density at radius 1 is 1.08 bits per heavy atom. The van der Waals surface area contributed by atoms with Gasteiger partial charge in [0.15, 0.2) is 0 Å². The highest BCUT2D eigenvalue weighted by Gasteiger charge is 2.08. The fourth-order valence-corrected chi connectivity index (χ4v) is 2.28. The smallest absolute Gasteiger partial charge is 0.270 e. The molecule has 0 aliphatic heterocycles. The van der Waals surface area contributed by atoms with Crippen molar-refractivity contribution >= 4 is 17.3 Å². The Morgan fingerprint density at radius 2 is 1.96 bits per heavy atom. The zero-order valence-corrected chi connectivity index (χ0v) is 13.4. The van der Waals surface area contributed by atoms with Crippen LogP contribution in [0.25, 0.3) is 0 Å². The number of carbonyl (C=O) groups excluding carboxylic acids is 1. The third-order valence-electron chi connectivity index (χ3n) is 3.59. The van der Waals surface area contributed by atoms with Crippen LogP contribution in [-0.2, 0) is 6.54 Å². The van der Waals surface area contributed by atoms with Gasteiger partial charge in [0, 0.05) is 36.5 Å². The molecule has 2 N–H and O–H groups in total. The molecule has 0 aliphatic rings. The van der Waals surface area contributed by atoms with Crippen LogP contribution >= 0.6 is 0 Å². The minimum atomic E-state index is -0.215. The van der Waals surface area contributed by atoms with Gasteiger partial charge in [-0.1, -0.05) is 24.3 Å². The summed E-state index contributed by atoms with van der Waals surface area (Å²) in [6, 6.07) is 15.3. The van der Waals surface area contributed by atoms with Crippen molar-refractivity contribution in [3.05, 3.63) is 83.9 Å². The van der Waals surface area contributed by atoms with Crippen molar-refractivity contribution in [2.75, 3.05) is 5.32 Å². The van der Waals surface area contributed by atoms with Crippen molar-refractivity contribution in [3.8, 4) is 0 Å². The number of nitrogens with zero attached hydrogens (tertiary/aromatic N) is 2. The number of aryl methyl sites for hydroxylation is 1. The van der Waals surface area contributed by atoms with Crippen molar-refractivity contribution in [1.29, 1.82) is 0 Å². The summed E-state index contributed by atoms with van der Waals surface area (Å²) >= 11 is 0. The lowest BCUT2D eigenvalue weighted by Gasteiger charge is -2.10. The molecular formula is C19H18N4O. The fraction of sp³-hybridized carbons (Fsp3) is 0.105. The molecule has 2 heterocycles. The van der Waals surface area contributed by atoms with Gasteiger partial charge in [-0.15, -0.1) is 0 Å². The van der Waals surface area contributed by atoms with Gasteiger partial charge in [0.05, 0.1) is 0 Å². The predicted molar refractivity (Wildman–Crippen MR) is 94.1 cm³/mol. The monoisotopic (exact) mass is 318 g/mol. The van der Waals surface area contributed by atoms with Crippen LogP contribution in [0.1, 0.15) is 21.6 Å². The van der Waals surface area contributed by atoms with Crippen LogP contribution in [0.15, 0.2) is 67.1 Å². The number of pyridine rings is 2. The normalized spacial score (nSPS) is 10.2. The van der Waals surface area contributed by atoms with E-state index in [9.17, 15) is 4.79 Å². The molecule has 0 spiro atoms. The lowest BCUT2D eigenvalue weighted by molar-refractivity contribution is 0.0946. The number of hydrogen-bond acceptors (Lipinski definition) is 4. The summed E-state index contributed by atoms with van der Waals surface area (Å²) in [5, 5.41) is 6.16. The van der Waals surface area contributed by atoms with Crippen LogP contribution in [0, 0.1) is 6.92 Å². The Labute approximate surface area is 140 Å². The first-order valence-electron chi connectivity index (χ1n) is 7.68. The lowest BCUT2D eigenvalue weighted by Crippen LogP contribution is -2.23. The zero-order chi connectivity index (χ0) is 16.8. The molecule has 0 radical (unpaired) electrons. The molecule has 0 saturated heterocycles. The minimum absolute atomic E-state index is 0.215. The molecule has 0 atom stereocenters. The van der Waals surface area contributed by atoms with E-state index in [1.54, 1.807) is 24.7 Å². The molecule has 2 aromatic heterocycles. The van der Waals surface area contributed by atoms with E-state index in [1.165, 1.54) is 0 Å². The van der Waals surface area contributed by atoms with E-state index in [4.69, 9.17) is 0 Å². The van der Waals surface area contributed by atoms with Gasteiger partial charge >= 0.3 is 0 Å². The summed E-state index contributed by atoms with van der Waals surface area (Å²) in [6.45, 7) is 2.45. The molecular weight excluding hydrogens is 300 g/mol. The highest BCUT2D eigenvalue weighted by Crippen LogP contribution is 2.20. The van der Waals surface area contributed by atoms with Crippen molar-refractivity contribution in [3.63, 3.8) is 0 Å². The van der Waals surface area contributed by atoms with Crippen molar-refractivity contribution < 1.29 is 4.79 Å². The Balaban J connectivity index is 1.68. The average molecular weight is 318 g/mol. The molecule has 0 fully saturated rings. The van der Waals surface area contributed by atoms with Crippen LogP contribution in [-0.4, -0.2) is 15.9 Å². The van der Waals surface area contributed by atoms with E-state index < -0.39 is 0 Å². The second kappa shape index (κ2) is 7.37. The topological polar surface area (TPSA) is 66.9 Å². The first-order valence-corrected chi connectivity index (χ1v) is 7.68. The van der Waals surface area contributed by atoms with Crippen LogP contribution in [0.4, 0.5) is 11.4 Å². The Morgan fingerprint density at radius 3 is 2.75 bits per heavy atom. The molecule has 0 unspecified atom stereocenters. The second-order valence-corrected chi connectivity index (χ2v) is 5.41. The maximum absolute atomic E-state index is 12.3. The maximum atomic E-state index is 12.3. The highest BCUT2D eigenvalue weighted by molar-refractivity contribution is 5.93. The maximum Gasteiger partial charge on any atom is 0.270 e. The van der Waals surface area contributed by atoms with Gasteiger partial charge in [-0.2, -0.15) is 0 Å². The number of amides is 1. The Kier molecular flexibility index (Phi) is 4.81. The third-order valence-corrected chi connectivity index (χ3v) is 3.59. The average Bonchev–Trinajstić information content (AvgIpc) is 2.63. The second-order valence-electron chi connectivity index (χ2n) is 5.41. The summed E-state index contributed by atoms with van der Waals surface area (Å²) < 4.78 is 0. The number of hydrogen-bond donors (Lipinski definition) is 2. The molecule has 1 amide bonds. The lowest BCUT2D eigenvalue weighted by atomic mass is 10.2. The highest BCUT2D eigenvalue weighted by atomic mass is 16.1. The van der Waals surface area contributed by atoms with E-state index in [0.717, 1.165) is 22.5 Å². The molecule has 5 heteroatoms. The molecule has 0 aliphatic carbocycles. The number of rotatable bonds is 5. The van der Waals surface area contributed by atoms with E-state index >= 15 is 0 Å². The molecule has 0 saturated carbocycles. The number of para-hydroxylation sites is 1. The third kappa shape index (κ3) is 3.95. The molecule has 1 aromatic carbocycles. The van der Waals surface area contributed by atoms with Gasteiger partial charge in [0.25, 0.3) is 5.91 Å². The molecule has 120 valence electrons. The van der Waals surface area contributed by atoms with Gasteiger partial charge < -0.3 is 10.6 Å². The molecule has 3 rings (SSSR count). The predicted octanol–water partition coefficient (Wildman–Crippen LogP) is 3.46. The molecule has 24 heavy (non-hydrogen) atoms.